The first kappa shape index (κ1) is 11.9. The van der Waals surface area contributed by atoms with Gasteiger partial charge in [-0.05, 0) is 38.3 Å². The number of hydrogen-bond donors (Lipinski definition) is 0. The zero-order valence-electron chi connectivity index (χ0n) is 9.23. The zero-order valence-corrected chi connectivity index (χ0v) is 9.23. The van der Waals surface area contributed by atoms with Crippen molar-refractivity contribution in [3.63, 3.8) is 0 Å². The maximum atomic E-state index is 13.0. The normalized spacial score (nSPS) is 22.9. The summed E-state index contributed by atoms with van der Waals surface area (Å²) in [5, 5.41) is 0. The van der Waals surface area contributed by atoms with Gasteiger partial charge in [0.15, 0.2) is 0 Å². The number of piperidine rings is 1. The quantitative estimate of drug-likeness (QED) is 0.681. The van der Waals surface area contributed by atoms with Crippen molar-refractivity contribution in [2.45, 2.75) is 45.5 Å². The molecule has 0 amide bonds. The van der Waals surface area contributed by atoms with E-state index >= 15 is 0 Å². The van der Waals surface area contributed by atoms with E-state index in [-0.39, 0.29) is 13.0 Å². The van der Waals surface area contributed by atoms with Crippen molar-refractivity contribution in [1.82, 2.24) is 4.90 Å². The molecule has 0 aliphatic carbocycles. The van der Waals surface area contributed by atoms with Crippen molar-refractivity contribution in [1.29, 1.82) is 0 Å². The lowest BCUT2D eigenvalue weighted by Gasteiger charge is -2.32. The first-order valence-electron chi connectivity index (χ1n) is 5.60. The smallest absolute Gasteiger partial charge is 0.260 e. The van der Waals surface area contributed by atoms with Crippen LogP contribution < -0.4 is 0 Å². The van der Waals surface area contributed by atoms with Crippen molar-refractivity contribution < 1.29 is 8.78 Å². The Kier molecular flexibility index (Phi) is 4.30. The predicted molar refractivity (Wildman–Crippen MR) is 54.7 cm³/mol. The molecule has 1 aliphatic rings. The lowest BCUT2D eigenvalue weighted by molar-refractivity contribution is -0.0641. The van der Waals surface area contributed by atoms with Crippen molar-refractivity contribution in [3.05, 3.63) is 0 Å². The van der Waals surface area contributed by atoms with Gasteiger partial charge in [-0.15, -0.1) is 0 Å². The SMILES string of the molecule is CC(C)CCCN1CCCC(F)(F)C1. The van der Waals surface area contributed by atoms with Crippen LogP contribution in [0, 0.1) is 5.92 Å². The zero-order chi connectivity index (χ0) is 10.6. The number of nitrogens with zero attached hydrogens (tertiary/aromatic N) is 1. The van der Waals surface area contributed by atoms with E-state index in [2.05, 4.69) is 13.8 Å². The second-order valence-corrected chi connectivity index (χ2v) is 4.77. The van der Waals surface area contributed by atoms with Crippen LogP contribution in [0.4, 0.5) is 8.78 Å². The Labute approximate surface area is 85.5 Å². The third-order valence-electron chi connectivity index (χ3n) is 2.73. The van der Waals surface area contributed by atoms with Crippen molar-refractivity contribution in [2.24, 2.45) is 5.92 Å². The van der Waals surface area contributed by atoms with E-state index in [1.54, 1.807) is 0 Å². The van der Waals surface area contributed by atoms with Crippen LogP contribution in [-0.2, 0) is 0 Å². The molecular formula is C11H21F2N. The highest BCUT2D eigenvalue weighted by Crippen LogP contribution is 2.26. The molecular weight excluding hydrogens is 184 g/mol. The van der Waals surface area contributed by atoms with Crippen molar-refractivity contribution in [3.8, 4) is 0 Å². The minimum Gasteiger partial charge on any atom is -0.297 e. The largest absolute Gasteiger partial charge is 0.297 e. The van der Waals surface area contributed by atoms with Gasteiger partial charge in [0.05, 0.1) is 6.54 Å². The van der Waals surface area contributed by atoms with Gasteiger partial charge in [0, 0.05) is 6.42 Å². The van der Waals surface area contributed by atoms with Gasteiger partial charge >= 0.3 is 0 Å². The Balaban J connectivity index is 2.18. The lowest BCUT2D eigenvalue weighted by Crippen LogP contribution is -2.42. The summed E-state index contributed by atoms with van der Waals surface area (Å²) in [6.45, 7) is 6.02. The summed E-state index contributed by atoms with van der Waals surface area (Å²) in [5.74, 6) is -1.75. The first-order valence-corrected chi connectivity index (χ1v) is 5.60. The summed E-state index contributed by atoms with van der Waals surface area (Å²) in [6.07, 6.45) is 2.91. The molecule has 0 aromatic heterocycles. The molecule has 0 atom stereocenters. The fourth-order valence-electron chi connectivity index (χ4n) is 1.96. The summed E-state index contributed by atoms with van der Waals surface area (Å²) >= 11 is 0. The number of alkyl halides is 2. The highest BCUT2D eigenvalue weighted by Gasteiger charge is 2.34. The topological polar surface area (TPSA) is 3.24 Å². The van der Waals surface area contributed by atoms with Gasteiger partial charge in [0.1, 0.15) is 0 Å². The molecule has 14 heavy (non-hydrogen) atoms. The Bertz CT molecular complexity index is 169. The van der Waals surface area contributed by atoms with Crippen LogP contribution in [0.3, 0.4) is 0 Å². The van der Waals surface area contributed by atoms with Gasteiger partial charge in [0.25, 0.3) is 5.92 Å². The Morgan fingerprint density at radius 1 is 1.36 bits per heavy atom. The van der Waals surface area contributed by atoms with Crippen LogP contribution in [0.1, 0.15) is 39.5 Å². The van der Waals surface area contributed by atoms with Crippen LogP contribution in [0.5, 0.6) is 0 Å². The van der Waals surface area contributed by atoms with Gasteiger partial charge in [-0.3, -0.25) is 4.90 Å². The third-order valence-corrected chi connectivity index (χ3v) is 2.73. The summed E-state index contributed by atoms with van der Waals surface area (Å²) in [4.78, 5) is 1.91. The molecule has 1 saturated heterocycles. The van der Waals surface area contributed by atoms with Crippen LogP contribution in [0.25, 0.3) is 0 Å². The van der Waals surface area contributed by atoms with E-state index in [9.17, 15) is 8.78 Å². The maximum absolute atomic E-state index is 13.0. The summed E-state index contributed by atoms with van der Waals surface area (Å²) in [7, 11) is 0. The average Bonchev–Trinajstić information content (AvgIpc) is 2.01. The molecule has 0 unspecified atom stereocenters. The fraction of sp³-hybridized carbons (Fsp3) is 1.00. The van der Waals surface area contributed by atoms with E-state index in [1.165, 1.54) is 0 Å². The van der Waals surface area contributed by atoms with Gasteiger partial charge in [-0.2, -0.15) is 0 Å². The fourth-order valence-corrected chi connectivity index (χ4v) is 1.96. The van der Waals surface area contributed by atoms with Gasteiger partial charge < -0.3 is 0 Å². The number of likely N-dealkylation sites (tertiary alicyclic amines) is 1. The second-order valence-electron chi connectivity index (χ2n) is 4.77. The molecule has 0 aromatic carbocycles. The molecule has 0 spiro atoms. The monoisotopic (exact) mass is 205 g/mol. The minimum absolute atomic E-state index is 0.0227. The molecule has 0 N–H and O–H groups in total. The van der Waals surface area contributed by atoms with Crippen LogP contribution >= 0.6 is 0 Å². The molecule has 1 fully saturated rings. The van der Waals surface area contributed by atoms with Crippen LogP contribution in [0.2, 0.25) is 0 Å². The standard InChI is InChI=1S/C11H21F2N/c1-10(2)5-3-7-14-8-4-6-11(12,13)9-14/h10H,3-9H2,1-2H3. The molecule has 1 aliphatic heterocycles. The summed E-state index contributed by atoms with van der Waals surface area (Å²) < 4.78 is 26.0. The Morgan fingerprint density at radius 2 is 2.07 bits per heavy atom. The molecule has 0 saturated carbocycles. The van der Waals surface area contributed by atoms with Crippen LogP contribution in [-0.4, -0.2) is 30.5 Å². The predicted octanol–water partition coefficient (Wildman–Crippen LogP) is 3.15. The molecule has 84 valence electrons. The second kappa shape index (κ2) is 5.06. The molecule has 0 radical (unpaired) electrons. The number of halogens is 2. The summed E-state index contributed by atoms with van der Waals surface area (Å²) in [6, 6.07) is 0. The third kappa shape index (κ3) is 4.36. The van der Waals surface area contributed by atoms with E-state index in [0.717, 1.165) is 25.9 Å². The molecule has 3 heteroatoms. The molecule has 1 rings (SSSR count). The number of hydrogen-bond acceptors (Lipinski definition) is 1. The lowest BCUT2D eigenvalue weighted by atomic mass is 10.1. The highest BCUT2D eigenvalue weighted by molar-refractivity contribution is 4.78. The van der Waals surface area contributed by atoms with Crippen molar-refractivity contribution in [2.75, 3.05) is 19.6 Å². The molecule has 0 bridgehead atoms. The molecule has 1 nitrogen and oxygen atoms in total. The number of rotatable bonds is 4. The van der Waals surface area contributed by atoms with E-state index in [0.29, 0.717) is 12.3 Å². The van der Waals surface area contributed by atoms with E-state index in [1.807, 2.05) is 4.90 Å². The average molecular weight is 205 g/mol. The minimum atomic E-state index is -2.43. The van der Waals surface area contributed by atoms with Crippen LogP contribution in [0.15, 0.2) is 0 Å². The maximum Gasteiger partial charge on any atom is 0.260 e. The van der Waals surface area contributed by atoms with Gasteiger partial charge in [-0.1, -0.05) is 13.8 Å². The van der Waals surface area contributed by atoms with E-state index in [4.69, 9.17) is 0 Å². The molecule has 1 heterocycles. The molecule has 0 aromatic rings. The van der Waals surface area contributed by atoms with Crippen molar-refractivity contribution >= 4 is 0 Å². The Hall–Kier alpha value is -0.180. The van der Waals surface area contributed by atoms with Gasteiger partial charge in [-0.25, -0.2) is 8.78 Å². The van der Waals surface area contributed by atoms with Gasteiger partial charge in [0.2, 0.25) is 0 Å². The highest BCUT2D eigenvalue weighted by atomic mass is 19.3. The summed E-state index contributed by atoms with van der Waals surface area (Å²) in [5.41, 5.74) is 0. The first-order chi connectivity index (χ1) is 6.49. The Morgan fingerprint density at radius 3 is 2.64 bits per heavy atom. The van der Waals surface area contributed by atoms with E-state index < -0.39 is 5.92 Å².